The largest absolute Gasteiger partial charge is 0.513 e. The van der Waals surface area contributed by atoms with Gasteiger partial charge in [-0.1, -0.05) is 0 Å². The third-order valence-corrected chi connectivity index (χ3v) is 0.815. The third-order valence-electron chi connectivity index (χ3n) is 0.815. The molecular formula is C7H11NO. The zero-order chi connectivity index (χ0) is 7.28. The van der Waals surface area contributed by atoms with Crippen LogP contribution in [0.4, 0.5) is 0 Å². The van der Waals surface area contributed by atoms with Gasteiger partial charge in [0.15, 0.2) is 0 Å². The lowest BCUT2D eigenvalue weighted by Crippen LogP contribution is -1.68. The van der Waals surface area contributed by atoms with Gasteiger partial charge in [0.25, 0.3) is 0 Å². The number of hydrogen-bond donors (Lipinski definition) is 1. The lowest BCUT2D eigenvalue weighted by Gasteiger charge is -1.85. The Morgan fingerprint density at radius 1 is 1.44 bits per heavy atom. The molecule has 1 N–H and O–H groups in total. The molecule has 0 fully saturated rings. The molecule has 50 valence electrons. The highest BCUT2D eigenvalue weighted by Crippen LogP contribution is 1.94. The van der Waals surface area contributed by atoms with E-state index in [9.17, 15) is 0 Å². The van der Waals surface area contributed by atoms with Crippen molar-refractivity contribution in [3.8, 4) is 0 Å². The molecule has 0 atom stereocenters. The van der Waals surface area contributed by atoms with Crippen molar-refractivity contribution >= 4 is 6.72 Å². The summed E-state index contributed by atoms with van der Waals surface area (Å²) in [6.07, 6.45) is 3.27. The van der Waals surface area contributed by atoms with Crippen LogP contribution in [-0.2, 0) is 0 Å². The Morgan fingerprint density at radius 2 is 2.00 bits per heavy atom. The second kappa shape index (κ2) is 3.89. The molecule has 0 aliphatic rings. The van der Waals surface area contributed by atoms with E-state index in [1.165, 1.54) is 0 Å². The number of aliphatic imine (C=N–C) groups is 1. The average Bonchev–Trinajstić information content (AvgIpc) is 1.83. The Bertz CT molecular complexity index is 152. The van der Waals surface area contributed by atoms with Gasteiger partial charge in [-0.2, -0.15) is 0 Å². The van der Waals surface area contributed by atoms with Crippen molar-refractivity contribution < 1.29 is 5.11 Å². The summed E-state index contributed by atoms with van der Waals surface area (Å²) in [7, 11) is 0. The van der Waals surface area contributed by atoms with E-state index in [1.807, 2.05) is 6.92 Å². The predicted molar refractivity (Wildman–Crippen MR) is 39.7 cm³/mol. The SMILES string of the molecule is C=N/C(C)=C\C=C(/C)O. The van der Waals surface area contributed by atoms with Gasteiger partial charge in [-0.05, 0) is 32.7 Å². The van der Waals surface area contributed by atoms with E-state index in [0.717, 1.165) is 5.70 Å². The molecule has 2 heteroatoms. The Kier molecular flexibility index (Phi) is 3.44. The monoisotopic (exact) mass is 125 g/mol. The zero-order valence-electron chi connectivity index (χ0n) is 5.76. The Balaban J connectivity index is 3.98. The maximum Gasteiger partial charge on any atom is 0.0892 e. The highest BCUT2D eigenvalue weighted by Gasteiger charge is 1.77. The number of aliphatic hydroxyl groups is 1. The van der Waals surface area contributed by atoms with Crippen LogP contribution in [0.5, 0.6) is 0 Å². The van der Waals surface area contributed by atoms with Gasteiger partial charge in [0.05, 0.1) is 5.76 Å². The van der Waals surface area contributed by atoms with Gasteiger partial charge in [0, 0.05) is 5.70 Å². The number of aliphatic hydroxyl groups excluding tert-OH is 1. The lowest BCUT2D eigenvalue weighted by atomic mass is 10.4. The molecule has 0 saturated heterocycles. The zero-order valence-corrected chi connectivity index (χ0v) is 5.76. The van der Waals surface area contributed by atoms with Gasteiger partial charge in [-0.25, -0.2) is 0 Å². The quantitative estimate of drug-likeness (QED) is 0.342. The summed E-state index contributed by atoms with van der Waals surface area (Å²) in [6.45, 7) is 6.73. The topological polar surface area (TPSA) is 32.6 Å². The molecule has 0 unspecified atom stereocenters. The van der Waals surface area contributed by atoms with Crippen LogP contribution >= 0.6 is 0 Å². The normalized spacial score (nSPS) is 13.6. The van der Waals surface area contributed by atoms with Crippen molar-refractivity contribution in [2.24, 2.45) is 4.99 Å². The summed E-state index contributed by atoms with van der Waals surface area (Å²) in [5, 5.41) is 8.65. The van der Waals surface area contributed by atoms with Crippen LogP contribution in [0.3, 0.4) is 0 Å². The summed E-state index contributed by atoms with van der Waals surface area (Å²) >= 11 is 0. The van der Waals surface area contributed by atoms with Crippen LogP contribution in [0.2, 0.25) is 0 Å². The van der Waals surface area contributed by atoms with E-state index in [1.54, 1.807) is 19.1 Å². The van der Waals surface area contributed by atoms with Gasteiger partial charge in [-0.3, -0.25) is 4.99 Å². The minimum atomic E-state index is 0.276. The summed E-state index contributed by atoms with van der Waals surface area (Å²) in [5.41, 5.74) is 0.795. The average molecular weight is 125 g/mol. The third kappa shape index (κ3) is 4.81. The fourth-order valence-corrected chi connectivity index (χ4v) is 0.294. The molecule has 0 aromatic carbocycles. The highest BCUT2D eigenvalue weighted by atomic mass is 16.3. The molecule has 2 nitrogen and oxygen atoms in total. The second-order valence-corrected chi connectivity index (χ2v) is 1.77. The number of nitrogens with zero attached hydrogens (tertiary/aromatic N) is 1. The first-order valence-electron chi connectivity index (χ1n) is 2.67. The standard InChI is InChI=1S/C7H11NO/c1-6(8-3)4-5-7(2)9/h4-5,9H,3H2,1-2H3/b6-4-,7-5+. The Hall–Kier alpha value is -1.05. The second-order valence-electron chi connectivity index (χ2n) is 1.77. The minimum absolute atomic E-state index is 0.276. The Morgan fingerprint density at radius 3 is 2.33 bits per heavy atom. The highest BCUT2D eigenvalue weighted by molar-refractivity contribution is 5.29. The van der Waals surface area contributed by atoms with Crippen LogP contribution in [0, 0.1) is 0 Å². The van der Waals surface area contributed by atoms with Crippen LogP contribution in [-0.4, -0.2) is 11.8 Å². The summed E-state index contributed by atoms with van der Waals surface area (Å²) in [5.74, 6) is 0.276. The van der Waals surface area contributed by atoms with Gasteiger partial charge in [-0.15, -0.1) is 0 Å². The van der Waals surface area contributed by atoms with E-state index in [2.05, 4.69) is 11.7 Å². The minimum Gasteiger partial charge on any atom is -0.513 e. The molecule has 0 radical (unpaired) electrons. The maximum absolute atomic E-state index is 8.65. The number of hydrogen-bond acceptors (Lipinski definition) is 2. The number of rotatable bonds is 2. The molecular weight excluding hydrogens is 114 g/mol. The van der Waals surface area contributed by atoms with E-state index < -0.39 is 0 Å². The first-order chi connectivity index (χ1) is 4.16. The molecule has 0 bridgehead atoms. The molecule has 0 aliphatic carbocycles. The van der Waals surface area contributed by atoms with Crippen LogP contribution < -0.4 is 0 Å². The molecule has 0 amide bonds. The van der Waals surface area contributed by atoms with Crippen molar-refractivity contribution in [3.63, 3.8) is 0 Å². The fraction of sp³-hybridized carbons (Fsp3) is 0.286. The van der Waals surface area contributed by atoms with Crippen molar-refractivity contribution in [2.75, 3.05) is 0 Å². The van der Waals surface area contributed by atoms with E-state index in [0.29, 0.717) is 0 Å². The van der Waals surface area contributed by atoms with Crippen molar-refractivity contribution in [3.05, 3.63) is 23.6 Å². The number of allylic oxidation sites excluding steroid dienone is 4. The predicted octanol–water partition coefficient (Wildman–Crippen LogP) is 2.05. The van der Waals surface area contributed by atoms with Crippen molar-refractivity contribution in [2.45, 2.75) is 13.8 Å². The summed E-state index contributed by atoms with van der Waals surface area (Å²) in [6, 6.07) is 0. The molecule has 0 aliphatic heterocycles. The van der Waals surface area contributed by atoms with Crippen molar-refractivity contribution in [1.82, 2.24) is 0 Å². The molecule has 0 aromatic heterocycles. The first kappa shape index (κ1) is 7.95. The lowest BCUT2D eigenvalue weighted by molar-refractivity contribution is 0.414. The van der Waals surface area contributed by atoms with Crippen molar-refractivity contribution in [1.29, 1.82) is 0 Å². The molecule has 0 spiro atoms. The van der Waals surface area contributed by atoms with E-state index in [-0.39, 0.29) is 5.76 Å². The van der Waals surface area contributed by atoms with Gasteiger partial charge in [0.1, 0.15) is 0 Å². The fourth-order valence-electron chi connectivity index (χ4n) is 0.294. The molecule has 0 heterocycles. The molecule has 9 heavy (non-hydrogen) atoms. The first-order valence-corrected chi connectivity index (χ1v) is 2.67. The summed E-state index contributed by atoms with van der Waals surface area (Å²) < 4.78 is 0. The van der Waals surface area contributed by atoms with E-state index >= 15 is 0 Å². The molecule has 0 saturated carbocycles. The maximum atomic E-state index is 8.65. The van der Waals surface area contributed by atoms with Crippen LogP contribution in [0.15, 0.2) is 28.6 Å². The Labute approximate surface area is 55.2 Å². The van der Waals surface area contributed by atoms with E-state index in [4.69, 9.17) is 5.11 Å². The molecule has 0 rings (SSSR count). The summed E-state index contributed by atoms with van der Waals surface area (Å²) in [4.78, 5) is 3.62. The van der Waals surface area contributed by atoms with Gasteiger partial charge < -0.3 is 5.11 Å². The van der Waals surface area contributed by atoms with Gasteiger partial charge >= 0.3 is 0 Å². The molecule has 0 aromatic rings. The smallest absolute Gasteiger partial charge is 0.0892 e. The van der Waals surface area contributed by atoms with Crippen LogP contribution in [0.1, 0.15) is 13.8 Å². The van der Waals surface area contributed by atoms with Gasteiger partial charge in [0.2, 0.25) is 0 Å². The van der Waals surface area contributed by atoms with Crippen LogP contribution in [0.25, 0.3) is 0 Å².